The van der Waals surface area contributed by atoms with Gasteiger partial charge in [-0.25, -0.2) is 4.98 Å². The molecule has 0 atom stereocenters. The Labute approximate surface area is 104 Å². The van der Waals surface area contributed by atoms with E-state index in [1.165, 1.54) is 0 Å². The zero-order valence-electron chi connectivity index (χ0n) is 9.91. The SMILES string of the molecule is CC1=NCN(c2nc(N)nc3cnccc23)C=C1. The molecule has 0 saturated heterocycles. The molecule has 0 aromatic carbocycles. The first-order valence-electron chi connectivity index (χ1n) is 5.57. The number of hydrogen-bond acceptors (Lipinski definition) is 6. The molecular weight excluding hydrogens is 228 g/mol. The van der Waals surface area contributed by atoms with E-state index >= 15 is 0 Å². The van der Waals surface area contributed by atoms with Gasteiger partial charge in [0.2, 0.25) is 5.95 Å². The maximum atomic E-state index is 5.72. The predicted octanol–water partition coefficient (Wildman–Crippen LogP) is 1.36. The Morgan fingerprint density at radius 3 is 3.00 bits per heavy atom. The van der Waals surface area contributed by atoms with Gasteiger partial charge in [-0.2, -0.15) is 4.98 Å². The van der Waals surface area contributed by atoms with E-state index in [0.29, 0.717) is 6.67 Å². The summed E-state index contributed by atoms with van der Waals surface area (Å²) >= 11 is 0. The van der Waals surface area contributed by atoms with E-state index in [0.717, 1.165) is 22.4 Å². The van der Waals surface area contributed by atoms with Crippen molar-refractivity contribution >= 4 is 28.4 Å². The molecule has 0 radical (unpaired) electrons. The molecule has 6 heteroatoms. The number of nitrogens with zero attached hydrogens (tertiary/aromatic N) is 5. The highest BCUT2D eigenvalue weighted by Gasteiger charge is 2.13. The zero-order chi connectivity index (χ0) is 12.5. The summed E-state index contributed by atoms with van der Waals surface area (Å²) in [6.07, 6.45) is 7.28. The number of nitrogen functional groups attached to an aromatic ring is 1. The van der Waals surface area contributed by atoms with Gasteiger partial charge in [-0.15, -0.1) is 0 Å². The molecule has 18 heavy (non-hydrogen) atoms. The van der Waals surface area contributed by atoms with Crippen molar-refractivity contribution in [1.82, 2.24) is 15.0 Å². The van der Waals surface area contributed by atoms with Crippen LogP contribution in [0.4, 0.5) is 11.8 Å². The molecule has 2 N–H and O–H groups in total. The lowest BCUT2D eigenvalue weighted by atomic mass is 10.2. The van der Waals surface area contributed by atoms with Crippen LogP contribution in [0, 0.1) is 0 Å². The normalized spacial score (nSPS) is 14.9. The largest absolute Gasteiger partial charge is 0.368 e. The molecule has 2 aromatic heterocycles. The molecule has 3 heterocycles. The molecule has 0 bridgehead atoms. The van der Waals surface area contributed by atoms with E-state index < -0.39 is 0 Å². The van der Waals surface area contributed by atoms with Crippen LogP contribution >= 0.6 is 0 Å². The summed E-state index contributed by atoms with van der Waals surface area (Å²) in [7, 11) is 0. The Morgan fingerprint density at radius 2 is 2.22 bits per heavy atom. The van der Waals surface area contributed by atoms with Gasteiger partial charge >= 0.3 is 0 Å². The van der Waals surface area contributed by atoms with Crippen molar-refractivity contribution in [2.75, 3.05) is 17.3 Å². The molecule has 0 spiro atoms. The summed E-state index contributed by atoms with van der Waals surface area (Å²) < 4.78 is 0. The van der Waals surface area contributed by atoms with Gasteiger partial charge in [0.15, 0.2) is 0 Å². The maximum Gasteiger partial charge on any atom is 0.222 e. The molecule has 1 aliphatic heterocycles. The van der Waals surface area contributed by atoms with Gasteiger partial charge < -0.3 is 10.6 Å². The van der Waals surface area contributed by atoms with E-state index in [-0.39, 0.29) is 5.95 Å². The third kappa shape index (κ3) is 1.77. The van der Waals surface area contributed by atoms with Crippen LogP contribution in [0.3, 0.4) is 0 Å². The highest BCUT2D eigenvalue weighted by Crippen LogP contribution is 2.24. The molecule has 0 aliphatic carbocycles. The summed E-state index contributed by atoms with van der Waals surface area (Å²) in [6.45, 7) is 2.50. The Morgan fingerprint density at radius 1 is 1.33 bits per heavy atom. The summed E-state index contributed by atoms with van der Waals surface area (Å²) in [6, 6.07) is 1.88. The smallest absolute Gasteiger partial charge is 0.222 e. The molecule has 0 fully saturated rings. The van der Waals surface area contributed by atoms with Crippen LogP contribution in [0.15, 0.2) is 35.7 Å². The number of allylic oxidation sites excluding steroid dienone is 1. The second-order valence-electron chi connectivity index (χ2n) is 4.02. The lowest BCUT2D eigenvalue weighted by molar-refractivity contribution is 0.940. The third-order valence-corrected chi connectivity index (χ3v) is 2.74. The topological polar surface area (TPSA) is 80.3 Å². The Balaban J connectivity index is 2.14. The second-order valence-corrected chi connectivity index (χ2v) is 4.02. The van der Waals surface area contributed by atoms with Crippen molar-refractivity contribution in [1.29, 1.82) is 0 Å². The number of nitrogens with two attached hydrogens (primary N) is 1. The summed E-state index contributed by atoms with van der Waals surface area (Å²) in [5.74, 6) is 0.998. The number of rotatable bonds is 1. The van der Waals surface area contributed by atoms with Crippen molar-refractivity contribution in [3.63, 3.8) is 0 Å². The predicted molar refractivity (Wildman–Crippen MR) is 71.3 cm³/mol. The Bertz CT molecular complexity index is 661. The third-order valence-electron chi connectivity index (χ3n) is 2.74. The van der Waals surface area contributed by atoms with Crippen molar-refractivity contribution in [2.24, 2.45) is 4.99 Å². The first-order chi connectivity index (χ1) is 8.74. The lowest BCUT2D eigenvalue weighted by Gasteiger charge is -2.21. The Kier molecular flexibility index (Phi) is 2.40. The number of aromatic nitrogens is 3. The number of anilines is 2. The van der Waals surface area contributed by atoms with Gasteiger partial charge in [0.25, 0.3) is 0 Å². The van der Waals surface area contributed by atoms with Gasteiger partial charge in [-0.1, -0.05) is 0 Å². The molecule has 90 valence electrons. The summed E-state index contributed by atoms with van der Waals surface area (Å²) in [5.41, 5.74) is 7.46. The molecule has 2 aromatic rings. The minimum absolute atomic E-state index is 0.241. The molecule has 0 saturated carbocycles. The van der Waals surface area contributed by atoms with Crippen LogP contribution in [0.25, 0.3) is 10.9 Å². The molecule has 1 aliphatic rings. The average molecular weight is 240 g/mol. The molecule has 3 rings (SSSR count). The van der Waals surface area contributed by atoms with Crippen molar-refractivity contribution < 1.29 is 0 Å². The second kappa shape index (κ2) is 4.06. The fourth-order valence-electron chi connectivity index (χ4n) is 1.82. The number of fused-ring (bicyclic) bond motifs is 1. The van der Waals surface area contributed by atoms with Gasteiger partial charge in [-0.3, -0.25) is 9.98 Å². The molecule has 6 nitrogen and oxygen atoms in total. The van der Waals surface area contributed by atoms with E-state index in [1.54, 1.807) is 12.4 Å². The minimum Gasteiger partial charge on any atom is -0.368 e. The average Bonchev–Trinajstić information content (AvgIpc) is 2.38. The van der Waals surface area contributed by atoms with Crippen LogP contribution in [0.2, 0.25) is 0 Å². The van der Waals surface area contributed by atoms with E-state index in [1.807, 2.05) is 30.2 Å². The first-order valence-corrected chi connectivity index (χ1v) is 5.57. The minimum atomic E-state index is 0.241. The maximum absolute atomic E-state index is 5.72. The molecule has 0 amide bonds. The van der Waals surface area contributed by atoms with Crippen LogP contribution in [0.1, 0.15) is 6.92 Å². The highest BCUT2D eigenvalue weighted by atomic mass is 15.3. The van der Waals surface area contributed by atoms with E-state index in [2.05, 4.69) is 19.9 Å². The van der Waals surface area contributed by atoms with Crippen molar-refractivity contribution in [2.45, 2.75) is 6.92 Å². The van der Waals surface area contributed by atoms with E-state index in [4.69, 9.17) is 5.73 Å². The van der Waals surface area contributed by atoms with Crippen LogP contribution in [0.5, 0.6) is 0 Å². The fourth-order valence-corrected chi connectivity index (χ4v) is 1.82. The number of aliphatic imine (C=N–C) groups is 1. The quantitative estimate of drug-likeness (QED) is 0.814. The van der Waals surface area contributed by atoms with Gasteiger partial charge in [0, 0.05) is 23.5 Å². The van der Waals surface area contributed by atoms with Crippen LogP contribution in [-0.4, -0.2) is 27.3 Å². The van der Waals surface area contributed by atoms with Crippen molar-refractivity contribution in [3.05, 3.63) is 30.7 Å². The first kappa shape index (κ1) is 10.6. The number of hydrogen-bond donors (Lipinski definition) is 1. The van der Waals surface area contributed by atoms with Crippen LogP contribution in [-0.2, 0) is 0 Å². The van der Waals surface area contributed by atoms with Gasteiger partial charge in [-0.05, 0) is 19.1 Å². The number of pyridine rings is 1. The zero-order valence-corrected chi connectivity index (χ0v) is 9.91. The van der Waals surface area contributed by atoms with E-state index in [9.17, 15) is 0 Å². The molecular formula is C12H12N6. The standard InChI is InChI=1S/C12H12N6/c1-8-3-5-18(7-15-8)11-9-2-4-14-6-10(9)16-12(13)17-11/h2-6H,7H2,1H3,(H2,13,16,17). The molecule has 0 unspecified atom stereocenters. The van der Waals surface area contributed by atoms with Crippen LogP contribution < -0.4 is 10.6 Å². The fraction of sp³-hybridized carbons (Fsp3) is 0.167. The summed E-state index contributed by atoms with van der Waals surface area (Å²) in [4.78, 5) is 18.8. The van der Waals surface area contributed by atoms with Crippen molar-refractivity contribution in [3.8, 4) is 0 Å². The monoisotopic (exact) mass is 240 g/mol. The summed E-state index contributed by atoms with van der Waals surface area (Å²) in [5, 5.41) is 0.915. The highest BCUT2D eigenvalue weighted by molar-refractivity contribution is 5.95. The van der Waals surface area contributed by atoms with Gasteiger partial charge in [0.1, 0.15) is 12.5 Å². The van der Waals surface area contributed by atoms with Gasteiger partial charge in [0.05, 0.1) is 11.7 Å². The Hall–Kier alpha value is -2.50. The lowest BCUT2D eigenvalue weighted by Crippen LogP contribution is -2.22.